The molecule has 0 spiro atoms. The molecule has 0 atom stereocenters. The molecular formula is C16H28ClNO3. The molecule has 0 saturated carbocycles. The maximum Gasteiger partial charge on any atom is 0.200 e. The third kappa shape index (κ3) is 6.91. The SMILES string of the molecule is CCCCCCCNCc1cc(OC)c(O)c(OC)c1.Cl. The van der Waals surface area contributed by atoms with Crippen molar-refractivity contribution in [1.82, 2.24) is 5.32 Å². The number of aromatic hydroxyl groups is 1. The van der Waals surface area contributed by atoms with Gasteiger partial charge < -0.3 is 19.9 Å². The number of phenolic OH excluding ortho intramolecular Hbond substituents is 1. The van der Waals surface area contributed by atoms with Crippen molar-refractivity contribution in [3.8, 4) is 17.2 Å². The second-order valence-electron chi connectivity index (χ2n) is 4.94. The number of unbranched alkanes of at least 4 members (excludes halogenated alkanes) is 4. The van der Waals surface area contributed by atoms with Crippen LogP contribution in [0.2, 0.25) is 0 Å². The van der Waals surface area contributed by atoms with Crippen LogP contribution in [-0.4, -0.2) is 25.9 Å². The van der Waals surface area contributed by atoms with Gasteiger partial charge in [0.05, 0.1) is 14.2 Å². The van der Waals surface area contributed by atoms with Gasteiger partial charge in [-0.25, -0.2) is 0 Å². The molecule has 21 heavy (non-hydrogen) atoms. The first-order chi connectivity index (χ1) is 9.72. The third-order valence-corrected chi connectivity index (χ3v) is 3.33. The van der Waals surface area contributed by atoms with Crippen molar-refractivity contribution < 1.29 is 14.6 Å². The zero-order chi connectivity index (χ0) is 14.8. The molecule has 0 saturated heterocycles. The lowest BCUT2D eigenvalue weighted by Gasteiger charge is -2.12. The lowest BCUT2D eigenvalue weighted by Crippen LogP contribution is -2.14. The smallest absolute Gasteiger partial charge is 0.200 e. The highest BCUT2D eigenvalue weighted by Crippen LogP contribution is 2.36. The van der Waals surface area contributed by atoms with Crippen LogP contribution in [0.25, 0.3) is 0 Å². The molecule has 1 rings (SSSR count). The van der Waals surface area contributed by atoms with Crippen LogP contribution in [0.15, 0.2) is 12.1 Å². The Labute approximate surface area is 134 Å². The third-order valence-electron chi connectivity index (χ3n) is 3.33. The Bertz CT molecular complexity index is 374. The maximum atomic E-state index is 9.83. The number of hydrogen-bond acceptors (Lipinski definition) is 4. The van der Waals surface area contributed by atoms with E-state index in [1.807, 2.05) is 12.1 Å². The standard InChI is InChI=1S/C16H27NO3.ClH/c1-4-5-6-7-8-9-17-12-13-10-14(19-2)16(18)15(11-13)20-3;/h10-11,17-18H,4-9,12H2,1-3H3;1H. The Balaban J connectivity index is 0.00000400. The highest BCUT2D eigenvalue weighted by molar-refractivity contribution is 5.85. The number of ether oxygens (including phenoxy) is 2. The number of methoxy groups -OCH3 is 2. The number of halogens is 1. The predicted molar refractivity (Wildman–Crippen MR) is 88.9 cm³/mol. The summed E-state index contributed by atoms with van der Waals surface area (Å²) in [5.41, 5.74) is 1.05. The zero-order valence-electron chi connectivity index (χ0n) is 13.3. The van der Waals surface area contributed by atoms with Gasteiger partial charge in [-0.3, -0.25) is 0 Å². The predicted octanol–water partition coefficient (Wildman–Crippen LogP) is 3.89. The molecule has 0 heterocycles. The highest BCUT2D eigenvalue weighted by Gasteiger charge is 2.10. The van der Waals surface area contributed by atoms with Gasteiger partial charge in [0, 0.05) is 6.54 Å². The Morgan fingerprint density at radius 1 is 1.00 bits per heavy atom. The minimum atomic E-state index is 0. The van der Waals surface area contributed by atoms with Gasteiger partial charge in [-0.15, -0.1) is 12.4 Å². The summed E-state index contributed by atoms with van der Waals surface area (Å²) in [6.07, 6.45) is 6.40. The molecule has 0 aliphatic carbocycles. The zero-order valence-corrected chi connectivity index (χ0v) is 14.1. The molecule has 0 fully saturated rings. The average molecular weight is 318 g/mol. The first kappa shape index (κ1) is 19.9. The topological polar surface area (TPSA) is 50.7 Å². The van der Waals surface area contributed by atoms with Gasteiger partial charge in [0.1, 0.15) is 0 Å². The molecule has 5 heteroatoms. The van der Waals surface area contributed by atoms with E-state index in [9.17, 15) is 5.11 Å². The first-order valence-corrected chi connectivity index (χ1v) is 7.37. The van der Waals surface area contributed by atoms with E-state index in [2.05, 4.69) is 12.2 Å². The van der Waals surface area contributed by atoms with Gasteiger partial charge in [-0.05, 0) is 30.7 Å². The van der Waals surface area contributed by atoms with Crippen molar-refractivity contribution in [3.05, 3.63) is 17.7 Å². The summed E-state index contributed by atoms with van der Waals surface area (Å²) in [6.45, 7) is 3.99. The largest absolute Gasteiger partial charge is 0.502 e. The molecule has 122 valence electrons. The molecule has 0 aliphatic heterocycles. The minimum Gasteiger partial charge on any atom is -0.502 e. The fourth-order valence-corrected chi connectivity index (χ4v) is 2.14. The molecule has 0 radical (unpaired) electrons. The van der Waals surface area contributed by atoms with E-state index in [1.165, 1.54) is 32.1 Å². The van der Waals surface area contributed by atoms with Crippen molar-refractivity contribution in [2.45, 2.75) is 45.6 Å². The molecule has 1 aromatic rings. The van der Waals surface area contributed by atoms with Crippen LogP contribution in [0.3, 0.4) is 0 Å². The maximum absolute atomic E-state index is 9.83. The molecule has 0 amide bonds. The van der Waals surface area contributed by atoms with E-state index in [0.717, 1.165) is 18.7 Å². The second kappa shape index (κ2) is 11.5. The molecule has 4 nitrogen and oxygen atoms in total. The molecule has 0 bridgehead atoms. The van der Waals surface area contributed by atoms with Gasteiger partial charge >= 0.3 is 0 Å². The Kier molecular flexibility index (Phi) is 10.9. The Morgan fingerprint density at radius 3 is 2.10 bits per heavy atom. The van der Waals surface area contributed by atoms with Crippen LogP contribution in [-0.2, 0) is 6.54 Å². The summed E-state index contributed by atoms with van der Waals surface area (Å²) < 4.78 is 10.3. The lowest BCUT2D eigenvalue weighted by molar-refractivity contribution is 0.339. The fourth-order valence-electron chi connectivity index (χ4n) is 2.14. The molecule has 0 aromatic heterocycles. The summed E-state index contributed by atoms with van der Waals surface area (Å²) in [5, 5.41) is 13.2. The van der Waals surface area contributed by atoms with Gasteiger partial charge in [0.25, 0.3) is 0 Å². The summed E-state index contributed by atoms with van der Waals surface area (Å²) in [5.74, 6) is 0.950. The second-order valence-corrected chi connectivity index (χ2v) is 4.94. The van der Waals surface area contributed by atoms with Gasteiger partial charge in [-0.1, -0.05) is 32.6 Å². The summed E-state index contributed by atoms with van der Waals surface area (Å²) >= 11 is 0. The van der Waals surface area contributed by atoms with Gasteiger partial charge in [0.2, 0.25) is 5.75 Å². The molecule has 0 unspecified atom stereocenters. The van der Waals surface area contributed by atoms with Crippen LogP contribution < -0.4 is 14.8 Å². The van der Waals surface area contributed by atoms with Crippen LogP contribution >= 0.6 is 12.4 Å². The molecule has 1 aromatic carbocycles. The van der Waals surface area contributed by atoms with E-state index in [-0.39, 0.29) is 18.2 Å². The number of rotatable bonds is 10. The summed E-state index contributed by atoms with van der Waals surface area (Å²) in [6, 6.07) is 3.67. The number of benzene rings is 1. The summed E-state index contributed by atoms with van der Waals surface area (Å²) in [4.78, 5) is 0. The van der Waals surface area contributed by atoms with Crippen LogP contribution in [0.5, 0.6) is 17.2 Å². The quantitative estimate of drug-likeness (QED) is 0.643. The van der Waals surface area contributed by atoms with Gasteiger partial charge in [0.15, 0.2) is 11.5 Å². The van der Waals surface area contributed by atoms with Crippen molar-refractivity contribution in [1.29, 1.82) is 0 Å². The van der Waals surface area contributed by atoms with Crippen LogP contribution in [0, 0.1) is 0 Å². The molecule has 0 aliphatic rings. The van der Waals surface area contributed by atoms with E-state index < -0.39 is 0 Å². The number of hydrogen-bond donors (Lipinski definition) is 2. The Hall–Kier alpha value is -1.13. The monoisotopic (exact) mass is 317 g/mol. The normalized spacial score (nSPS) is 10.0. The minimum absolute atomic E-state index is 0. The van der Waals surface area contributed by atoms with Crippen molar-refractivity contribution >= 4 is 12.4 Å². The number of phenols is 1. The highest BCUT2D eigenvalue weighted by atomic mass is 35.5. The van der Waals surface area contributed by atoms with Crippen molar-refractivity contribution in [2.75, 3.05) is 20.8 Å². The first-order valence-electron chi connectivity index (χ1n) is 7.37. The van der Waals surface area contributed by atoms with E-state index in [0.29, 0.717) is 11.5 Å². The van der Waals surface area contributed by atoms with E-state index in [1.54, 1.807) is 14.2 Å². The van der Waals surface area contributed by atoms with Crippen molar-refractivity contribution in [3.63, 3.8) is 0 Å². The molecular weight excluding hydrogens is 290 g/mol. The van der Waals surface area contributed by atoms with E-state index >= 15 is 0 Å². The Morgan fingerprint density at radius 2 is 1.57 bits per heavy atom. The lowest BCUT2D eigenvalue weighted by atomic mass is 10.1. The van der Waals surface area contributed by atoms with Crippen molar-refractivity contribution in [2.24, 2.45) is 0 Å². The number of nitrogens with one attached hydrogen (secondary N) is 1. The fraction of sp³-hybridized carbons (Fsp3) is 0.625. The average Bonchev–Trinajstić information content (AvgIpc) is 2.47. The molecule has 2 N–H and O–H groups in total. The van der Waals surface area contributed by atoms with Crippen LogP contribution in [0.4, 0.5) is 0 Å². The van der Waals surface area contributed by atoms with Gasteiger partial charge in [-0.2, -0.15) is 0 Å². The van der Waals surface area contributed by atoms with Crippen LogP contribution in [0.1, 0.15) is 44.6 Å². The van der Waals surface area contributed by atoms with E-state index in [4.69, 9.17) is 9.47 Å². The summed E-state index contributed by atoms with van der Waals surface area (Å²) in [7, 11) is 3.08.